The van der Waals surface area contributed by atoms with Gasteiger partial charge in [-0.1, -0.05) is 36.3 Å². The van der Waals surface area contributed by atoms with E-state index in [-0.39, 0.29) is 17.2 Å². The number of rotatable bonds is 5. The van der Waals surface area contributed by atoms with Crippen molar-refractivity contribution in [3.8, 4) is 28.7 Å². The zero-order valence-electron chi connectivity index (χ0n) is 16.1. The highest BCUT2D eigenvalue weighted by Crippen LogP contribution is 2.36. The van der Waals surface area contributed by atoms with Gasteiger partial charge < -0.3 is 9.84 Å². The van der Waals surface area contributed by atoms with Gasteiger partial charge in [-0.25, -0.2) is 14.1 Å². The van der Waals surface area contributed by atoms with Gasteiger partial charge in [-0.15, -0.1) is 10.2 Å². The van der Waals surface area contributed by atoms with Crippen molar-refractivity contribution in [3.63, 3.8) is 0 Å². The normalized spacial score (nSPS) is 23.8. The van der Waals surface area contributed by atoms with Crippen molar-refractivity contribution in [2.75, 3.05) is 0 Å². The van der Waals surface area contributed by atoms with Crippen molar-refractivity contribution in [2.45, 2.75) is 39.0 Å². The van der Waals surface area contributed by atoms with Crippen LogP contribution in [0, 0.1) is 5.41 Å². The number of phenols is 1. The van der Waals surface area contributed by atoms with E-state index < -0.39 is 12.3 Å². The third-order valence-electron chi connectivity index (χ3n) is 5.25. The van der Waals surface area contributed by atoms with Crippen LogP contribution in [-0.2, 0) is 0 Å². The van der Waals surface area contributed by atoms with Crippen LogP contribution in [0.5, 0.6) is 11.8 Å². The average Bonchev–Trinajstić information content (AvgIpc) is 3.27. The summed E-state index contributed by atoms with van der Waals surface area (Å²) >= 11 is 0. The number of halogens is 1. The van der Waals surface area contributed by atoms with Crippen molar-refractivity contribution in [3.05, 3.63) is 48.9 Å². The summed E-state index contributed by atoms with van der Waals surface area (Å²) in [6.07, 6.45) is 7.65. The van der Waals surface area contributed by atoms with E-state index >= 15 is 0 Å². The Hall–Kier alpha value is -3.36. The molecule has 0 bridgehead atoms. The predicted octanol–water partition coefficient (Wildman–Crippen LogP) is 3.29. The summed E-state index contributed by atoms with van der Waals surface area (Å²) in [4.78, 5) is 4.15. The molecule has 0 saturated heterocycles. The molecule has 0 saturated carbocycles. The number of benzene rings is 1. The van der Waals surface area contributed by atoms with Crippen molar-refractivity contribution in [2.24, 2.45) is 5.41 Å². The van der Waals surface area contributed by atoms with Gasteiger partial charge in [0.05, 0.1) is 24.3 Å². The monoisotopic (exact) mass is 396 g/mol. The minimum absolute atomic E-state index is 0.00252. The maximum Gasteiger partial charge on any atom is 0.336 e. The zero-order valence-corrected chi connectivity index (χ0v) is 16.1. The smallest absolute Gasteiger partial charge is 0.336 e. The first-order valence-corrected chi connectivity index (χ1v) is 9.37. The lowest BCUT2D eigenvalue weighted by atomic mass is 9.77. The largest absolute Gasteiger partial charge is 0.507 e. The summed E-state index contributed by atoms with van der Waals surface area (Å²) in [5, 5.41) is 26.0. The molecule has 0 radical (unpaired) electrons. The van der Waals surface area contributed by atoms with Gasteiger partial charge in [0.2, 0.25) is 0 Å². The first kappa shape index (κ1) is 19.0. The molecule has 2 aromatic heterocycles. The second-order valence-corrected chi connectivity index (χ2v) is 7.35. The summed E-state index contributed by atoms with van der Waals surface area (Å²) < 4.78 is 21.4. The Kier molecular flexibility index (Phi) is 4.96. The maximum absolute atomic E-state index is 14.2. The molecule has 8 nitrogen and oxygen atoms in total. The Morgan fingerprint density at radius 2 is 2.21 bits per heavy atom. The fraction of sp³-hybridized carbons (Fsp3) is 0.350. The number of ether oxygens (including phenoxy) is 1. The molecule has 1 aliphatic carbocycles. The van der Waals surface area contributed by atoms with Crippen LogP contribution in [0.2, 0.25) is 0 Å². The minimum atomic E-state index is -1.22. The van der Waals surface area contributed by atoms with Gasteiger partial charge >= 0.3 is 6.01 Å². The highest BCUT2D eigenvalue weighted by atomic mass is 19.1. The fourth-order valence-electron chi connectivity index (χ4n) is 3.26. The molecule has 3 aromatic rings. The summed E-state index contributed by atoms with van der Waals surface area (Å²) in [6.45, 7) is 4.13. The molecule has 29 heavy (non-hydrogen) atoms. The van der Waals surface area contributed by atoms with E-state index in [1.165, 1.54) is 17.0 Å². The van der Waals surface area contributed by atoms with Crippen molar-refractivity contribution in [1.82, 2.24) is 30.2 Å². The molecule has 2 heterocycles. The van der Waals surface area contributed by atoms with Gasteiger partial charge in [0.1, 0.15) is 17.5 Å². The van der Waals surface area contributed by atoms with Gasteiger partial charge in [0.15, 0.2) is 6.17 Å². The molecule has 0 unspecified atom stereocenters. The quantitative estimate of drug-likeness (QED) is 0.661. The van der Waals surface area contributed by atoms with Crippen LogP contribution < -0.4 is 4.74 Å². The maximum atomic E-state index is 14.2. The van der Waals surface area contributed by atoms with Gasteiger partial charge in [-0.2, -0.15) is 0 Å². The van der Waals surface area contributed by atoms with Crippen molar-refractivity contribution in [1.29, 1.82) is 0 Å². The van der Waals surface area contributed by atoms with Crippen molar-refractivity contribution >= 4 is 0 Å². The van der Waals surface area contributed by atoms with E-state index in [2.05, 4.69) is 39.3 Å². The highest BCUT2D eigenvalue weighted by molar-refractivity contribution is 5.67. The molecular weight excluding hydrogens is 375 g/mol. The van der Waals surface area contributed by atoms with Crippen LogP contribution in [0.15, 0.2) is 48.9 Å². The lowest BCUT2D eigenvalue weighted by molar-refractivity contribution is 0.0667. The summed E-state index contributed by atoms with van der Waals surface area (Å²) in [6, 6.07) is 5.01. The lowest BCUT2D eigenvalue weighted by Gasteiger charge is -2.34. The van der Waals surface area contributed by atoms with Crippen LogP contribution in [0.25, 0.3) is 16.9 Å². The van der Waals surface area contributed by atoms with E-state index in [1.54, 1.807) is 30.6 Å². The molecular formula is C20H21FN6O2. The van der Waals surface area contributed by atoms with Gasteiger partial charge in [0.25, 0.3) is 0 Å². The van der Waals surface area contributed by atoms with E-state index in [1.807, 2.05) is 6.08 Å². The third-order valence-corrected chi connectivity index (χ3v) is 5.25. The summed E-state index contributed by atoms with van der Waals surface area (Å²) in [7, 11) is 0. The van der Waals surface area contributed by atoms with E-state index in [9.17, 15) is 9.50 Å². The van der Waals surface area contributed by atoms with Gasteiger partial charge in [-0.3, -0.25) is 0 Å². The zero-order chi connectivity index (χ0) is 20.4. The lowest BCUT2D eigenvalue weighted by Crippen LogP contribution is -2.37. The van der Waals surface area contributed by atoms with E-state index in [4.69, 9.17) is 4.74 Å². The second-order valence-electron chi connectivity index (χ2n) is 7.35. The highest BCUT2D eigenvalue weighted by Gasteiger charge is 2.34. The van der Waals surface area contributed by atoms with Crippen LogP contribution in [0.3, 0.4) is 0 Å². The molecule has 0 amide bonds. The third kappa shape index (κ3) is 3.94. The molecule has 4 rings (SSSR count). The Morgan fingerprint density at radius 3 is 2.86 bits per heavy atom. The molecule has 1 aromatic carbocycles. The fourth-order valence-corrected chi connectivity index (χ4v) is 3.26. The SMILES string of the molecule is CC[C@@]1(C)C=C[C@H](F)[C@@H](Oc2ncc(-c3ccc(-n4ccnn4)cc3O)nn2)C1. The van der Waals surface area contributed by atoms with Crippen LogP contribution in [0.4, 0.5) is 4.39 Å². The number of aromatic nitrogens is 6. The van der Waals surface area contributed by atoms with Crippen LogP contribution in [-0.4, -0.2) is 47.6 Å². The van der Waals surface area contributed by atoms with E-state index in [0.717, 1.165) is 6.42 Å². The molecule has 3 atom stereocenters. The Bertz CT molecular complexity index is 1010. The molecule has 1 aliphatic rings. The predicted molar refractivity (Wildman–Crippen MR) is 103 cm³/mol. The van der Waals surface area contributed by atoms with E-state index in [0.29, 0.717) is 23.4 Å². The first-order chi connectivity index (χ1) is 14.0. The first-order valence-electron chi connectivity index (χ1n) is 9.37. The number of aromatic hydroxyl groups is 1. The summed E-state index contributed by atoms with van der Waals surface area (Å²) in [5.41, 5.74) is 1.38. The molecule has 0 fully saturated rings. The number of phenolic OH excluding ortho intramolecular Hbond substituents is 1. The van der Waals surface area contributed by atoms with Crippen LogP contribution in [0.1, 0.15) is 26.7 Å². The number of allylic oxidation sites excluding steroid dienone is 1. The molecule has 1 N–H and O–H groups in total. The molecule has 9 heteroatoms. The number of hydrogen-bond donors (Lipinski definition) is 1. The standard InChI is InChI=1S/C20H21FN6O2/c1-3-20(2)7-6-15(21)18(11-20)29-19-22-12-16(24-25-19)14-5-4-13(10-17(14)28)27-9-8-23-26-27/h4-10,12,15,18,28H,3,11H2,1-2H3/t15-,18-,20-/m0/s1. The van der Waals surface area contributed by atoms with Gasteiger partial charge in [-0.05, 0) is 30.4 Å². The average molecular weight is 396 g/mol. The second kappa shape index (κ2) is 7.57. The minimum Gasteiger partial charge on any atom is -0.507 e. The molecule has 150 valence electrons. The Balaban J connectivity index is 1.50. The van der Waals surface area contributed by atoms with Crippen molar-refractivity contribution < 1.29 is 14.2 Å². The molecule has 0 spiro atoms. The van der Waals surface area contributed by atoms with Gasteiger partial charge in [0, 0.05) is 11.6 Å². The van der Waals surface area contributed by atoms with Crippen LogP contribution >= 0.6 is 0 Å². The number of alkyl halides is 1. The molecule has 0 aliphatic heterocycles. The Morgan fingerprint density at radius 1 is 1.34 bits per heavy atom. The number of nitrogens with zero attached hydrogens (tertiary/aromatic N) is 6. The summed E-state index contributed by atoms with van der Waals surface area (Å²) in [5.74, 6) is 0.00252. The number of hydrogen-bond acceptors (Lipinski definition) is 7. The topological polar surface area (TPSA) is 98.8 Å². The Labute approximate surface area is 167 Å².